The summed E-state index contributed by atoms with van der Waals surface area (Å²) < 4.78 is 0. The van der Waals surface area contributed by atoms with Crippen LogP contribution in [-0.2, 0) is 17.4 Å². The molecule has 2 heteroatoms. The molecule has 0 saturated heterocycles. The summed E-state index contributed by atoms with van der Waals surface area (Å²) in [5, 5.41) is 0.101. The third-order valence-electron chi connectivity index (χ3n) is 4.56. The van der Waals surface area contributed by atoms with Gasteiger partial charge in [0, 0.05) is 10.5 Å². The highest BCUT2D eigenvalue weighted by atomic mass is 32.1. The van der Waals surface area contributed by atoms with Crippen molar-refractivity contribution in [3.63, 3.8) is 0 Å². The van der Waals surface area contributed by atoms with Crippen LogP contribution in [0, 0.1) is 35.0 Å². The molecule has 6 atom stereocenters. The first-order valence-corrected chi connectivity index (χ1v) is 4.42. The van der Waals surface area contributed by atoms with Crippen LogP contribution >= 0.6 is 0 Å². The summed E-state index contributed by atoms with van der Waals surface area (Å²) in [6.45, 7) is 0. The Bertz CT molecular complexity index is 253. The van der Waals surface area contributed by atoms with Gasteiger partial charge in [-0.1, -0.05) is 0 Å². The molecule has 1 nitrogen and oxygen atoms in total. The summed E-state index contributed by atoms with van der Waals surface area (Å²) in [6, 6.07) is 0. The minimum atomic E-state index is 0.101. The minimum absolute atomic E-state index is 0.101. The molecule has 0 heterocycles. The predicted molar refractivity (Wildman–Crippen MR) is 36.9 cm³/mol. The van der Waals surface area contributed by atoms with E-state index in [9.17, 15) is 4.79 Å². The zero-order valence-corrected chi connectivity index (χ0v) is 6.23. The van der Waals surface area contributed by atoms with Gasteiger partial charge in [0.1, 0.15) is 0 Å². The molecule has 0 amide bonds. The van der Waals surface area contributed by atoms with Crippen molar-refractivity contribution >= 4 is 17.7 Å². The molecule has 5 saturated carbocycles. The predicted octanol–water partition coefficient (Wildman–Crippen LogP) is 0.572. The van der Waals surface area contributed by atoms with Crippen LogP contribution in [0.2, 0.25) is 0 Å². The zero-order valence-electron chi connectivity index (χ0n) is 5.41. The van der Waals surface area contributed by atoms with Crippen LogP contribution in [0.1, 0.15) is 6.42 Å². The van der Waals surface area contributed by atoms with Gasteiger partial charge in [-0.25, -0.2) is 0 Å². The second-order valence-electron chi connectivity index (χ2n) is 4.36. The van der Waals surface area contributed by atoms with E-state index in [0.717, 1.165) is 29.6 Å². The van der Waals surface area contributed by atoms with Crippen molar-refractivity contribution in [1.29, 1.82) is 0 Å². The molecule has 0 N–H and O–H groups in total. The van der Waals surface area contributed by atoms with Gasteiger partial charge < -0.3 is 17.4 Å². The van der Waals surface area contributed by atoms with Crippen LogP contribution < -0.4 is 0 Å². The van der Waals surface area contributed by atoms with E-state index in [1.807, 2.05) is 0 Å². The largest absolute Gasteiger partial charge is 0.741 e. The molecule has 5 aliphatic rings. The first kappa shape index (κ1) is 4.70. The Morgan fingerprint density at radius 2 is 2.30 bits per heavy atom. The summed E-state index contributed by atoms with van der Waals surface area (Å²) in [7, 11) is 0. The van der Waals surface area contributed by atoms with E-state index in [1.54, 1.807) is 0 Å². The Morgan fingerprint density at radius 3 is 2.50 bits per heavy atom. The summed E-state index contributed by atoms with van der Waals surface area (Å²) in [6.07, 6.45) is 1.35. The molecule has 10 heavy (non-hydrogen) atoms. The highest BCUT2D eigenvalue weighted by molar-refractivity contribution is 7.77. The van der Waals surface area contributed by atoms with E-state index in [4.69, 9.17) is 12.6 Å². The van der Waals surface area contributed by atoms with Crippen molar-refractivity contribution in [2.45, 2.75) is 6.42 Å². The molecule has 0 aromatic heterocycles. The molecule has 5 aliphatic carbocycles. The van der Waals surface area contributed by atoms with Crippen LogP contribution in [0.5, 0.6) is 0 Å². The summed E-state index contributed by atoms with van der Waals surface area (Å²) in [5.41, 5.74) is 0.130. The average molecular weight is 151 g/mol. The van der Waals surface area contributed by atoms with E-state index < -0.39 is 0 Å². The van der Waals surface area contributed by atoms with Crippen molar-refractivity contribution < 1.29 is 4.79 Å². The van der Waals surface area contributed by atoms with Crippen molar-refractivity contribution in [2.24, 2.45) is 35.0 Å². The molecule has 0 radical (unpaired) electrons. The topological polar surface area (TPSA) is 17.1 Å². The molecule has 5 fully saturated rings. The van der Waals surface area contributed by atoms with Gasteiger partial charge in [0.15, 0.2) is 0 Å². The third-order valence-corrected chi connectivity index (χ3v) is 4.92. The lowest BCUT2D eigenvalue weighted by atomic mass is 9.86. The maximum Gasteiger partial charge on any atom is 0.0190 e. The maximum atomic E-state index is 11.1. The smallest absolute Gasteiger partial charge is 0.0190 e. The lowest BCUT2D eigenvalue weighted by molar-refractivity contribution is -0.118. The molecule has 0 spiro atoms. The molecule has 52 valence electrons. The second-order valence-corrected chi connectivity index (χ2v) is 4.73. The quantitative estimate of drug-likeness (QED) is 0.510. The van der Waals surface area contributed by atoms with Gasteiger partial charge in [-0.3, -0.25) is 0 Å². The third kappa shape index (κ3) is 0.194. The highest BCUT2D eigenvalue weighted by Crippen LogP contribution is 2.98. The second kappa shape index (κ2) is 0.893. The van der Waals surface area contributed by atoms with Crippen molar-refractivity contribution in [3.8, 4) is 0 Å². The summed E-state index contributed by atoms with van der Waals surface area (Å²) in [4.78, 5) is 11.1. The Morgan fingerprint density at radius 1 is 1.50 bits per heavy atom. The average Bonchev–Trinajstić information content (AvgIpc) is 2.44. The van der Waals surface area contributed by atoms with Crippen LogP contribution in [0.3, 0.4) is 0 Å². The molecule has 0 aliphatic heterocycles. The Hall–Kier alpha value is -0.110. The number of carbonyl (C=O) groups excluding carboxylic acids is 1. The monoisotopic (exact) mass is 151 g/mol. The fourth-order valence-corrected chi connectivity index (χ4v) is 4.80. The van der Waals surface area contributed by atoms with E-state index in [2.05, 4.69) is 0 Å². The molecule has 0 aromatic rings. The maximum absolute atomic E-state index is 11.1. The first-order chi connectivity index (χ1) is 4.79. The van der Waals surface area contributed by atoms with Crippen molar-refractivity contribution in [3.05, 3.63) is 0 Å². The standard InChI is InChI=1S/C8H8OS/c9-7(10)8-3-1-2-4(5(2)8)6(3)8/h2-6H,1H2,(H,9,10)/p-1. The molecular formula is C8H7OS-. The van der Waals surface area contributed by atoms with Gasteiger partial charge in [-0.15, -0.1) is 0 Å². The Balaban J connectivity index is 1.95. The van der Waals surface area contributed by atoms with E-state index >= 15 is 0 Å². The van der Waals surface area contributed by atoms with Gasteiger partial charge in [-0.05, 0) is 36.0 Å². The van der Waals surface area contributed by atoms with E-state index in [0.29, 0.717) is 0 Å². The van der Waals surface area contributed by atoms with Crippen LogP contribution in [0.4, 0.5) is 0 Å². The summed E-state index contributed by atoms with van der Waals surface area (Å²) >= 11 is 4.78. The lowest BCUT2D eigenvalue weighted by Crippen LogP contribution is -2.27. The van der Waals surface area contributed by atoms with Gasteiger partial charge in [0.2, 0.25) is 0 Å². The molecule has 0 aromatic carbocycles. The number of hydrogen-bond acceptors (Lipinski definition) is 2. The van der Waals surface area contributed by atoms with E-state index in [-0.39, 0.29) is 10.5 Å². The zero-order chi connectivity index (χ0) is 6.67. The van der Waals surface area contributed by atoms with Gasteiger partial charge in [0.05, 0.1) is 0 Å². The first-order valence-electron chi connectivity index (χ1n) is 4.01. The fraction of sp³-hybridized carbons (Fsp3) is 0.875. The van der Waals surface area contributed by atoms with Crippen molar-refractivity contribution in [1.82, 2.24) is 0 Å². The normalized spacial score (nSPS) is 77.8. The van der Waals surface area contributed by atoms with Crippen LogP contribution in [0.25, 0.3) is 0 Å². The SMILES string of the molecule is O=C([S-])C12C3CC4C(C41)C32. The van der Waals surface area contributed by atoms with Gasteiger partial charge in [-0.2, -0.15) is 0 Å². The molecule has 2 bridgehead atoms. The van der Waals surface area contributed by atoms with Gasteiger partial charge >= 0.3 is 0 Å². The van der Waals surface area contributed by atoms with E-state index in [1.165, 1.54) is 6.42 Å². The highest BCUT2D eigenvalue weighted by Gasteiger charge is 2.96. The van der Waals surface area contributed by atoms with Gasteiger partial charge in [0.25, 0.3) is 0 Å². The van der Waals surface area contributed by atoms with Crippen molar-refractivity contribution in [2.75, 3.05) is 0 Å². The number of rotatable bonds is 1. The Kier molecular flexibility index (Phi) is 0.420. The molecular weight excluding hydrogens is 144 g/mol. The lowest BCUT2D eigenvalue weighted by Gasteiger charge is -2.26. The Labute approximate surface area is 64.6 Å². The number of hydrogen-bond donors (Lipinski definition) is 0. The molecule has 5 rings (SSSR count). The fourth-order valence-electron chi connectivity index (χ4n) is 4.37. The minimum Gasteiger partial charge on any atom is -0.741 e. The summed E-state index contributed by atoms with van der Waals surface area (Å²) in [5.74, 6) is 4.32. The number of carbonyl (C=O) groups is 1. The molecule has 6 unspecified atom stereocenters. The van der Waals surface area contributed by atoms with Crippen LogP contribution in [0.15, 0.2) is 0 Å². The van der Waals surface area contributed by atoms with Crippen LogP contribution in [-0.4, -0.2) is 5.12 Å².